The van der Waals surface area contributed by atoms with Gasteiger partial charge in [0, 0.05) is 25.8 Å². The lowest BCUT2D eigenvalue weighted by molar-refractivity contribution is -0.0975. The van der Waals surface area contributed by atoms with Crippen molar-refractivity contribution in [2.75, 3.05) is 19.7 Å². The molecule has 0 amide bonds. The van der Waals surface area contributed by atoms with Crippen molar-refractivity contribution in [3.8, 4) is 0 Å². The minimum absolute atomic E-state index is 0.0669. The van der Waals surface area contributed by atoms with Crippen LogP contribution in [0.15, 0.2) is 18.3 Å². The number of pyridine rings is 1. The number of hydrogen-bond acceptors (Lipinski definition) is 4. The van der Waals surface area contributed by atoms with Crippen molar-refractivity contribution in [2.24, 2.45) is 0 Å². The molecule has 0 bridgehead atoms. The van der Waals surface area contributed by atoms with Crippen LogP contribution in [-0.2, 0) is 11.3 Å². The second-order valence-corrected chi connectivity index (χ2v) is 4.71. The van der Waals surface area contributed by atoms with Gasteiger partial charge in [0.05, 0.1) is 24.5 Å². The Morgan fingerprint density at radius 3 is 3.06 bits per heavy atom. The zero-order valence-corrected chi connectivity index (χ0v) is 10.5. The fraction of sp³-hybridized carbons (Fsp3) is 0.615. The van der Waals surface area contributed by atoms with Gasteiger partial charge < -0.3 is 9.84 Å². The molecule has 94 valence electrons. The van der Waals surface area contributed by atoms with Crippen LogP contribution in [0, 0.1) is 6.92 Å². The van der Waals surface area contributed by atoms with Crippen molar-refractivity contribution < 1.29 is 9.84 Å². The summed E-state index contributed by atoms with van der Waals surface area (Å²) in [5.74, 6) is 0. The molecule has 4 heteroatoms. The van der Waals surface area contributed by atoms with E-state index in [-0.39, 0.29) is 18.8 Å². The molecule has 0 radical (unpaired) electrons. The van der Waals surface area contributed by atoms with Gasteiger partial charge in [0.25, 0.3) is 0 Å². The Morgan fingerprint density at radius 1 is 1.53 bits per heavy atom. The number of morpholine rings is 1. The summed E-state index contributed by atoms with van der Waals surface area (Å²) in [7, 11) is 0. The van der Waals surface area contributed by atoms with Crippen LogP contribution in [0.3, 0.4) is 0 Å². The number of ether oxygens (including phenoxy) is 1. The van der Waals surface area contributed by atoms with Crippen LogP contribution in [0.4, 0.5) is 0 Å². The minimum atomic E-state index is -0.0669. The topological polar surface area (TPSA) is 45.6 Å². The van der Waals surface area contributed by atoms with Gasteiger partial charge in [-0.05, 0) is 25.5 Å². The Hall–Kier alpha value is -0.970. The van der Waals surface area contributed by atoms with Crippen molar-refractivity contribution in [1.82, 2.24) is 9.88 Å². The Morgan fingerprint density at radius 2 is 2.35 bits per heavy atom. The van der Waals surface area contributed by atoms with Gasteiger partial charge in [-0.2, -0.15) is 0 Å². The van der Waals surface area contributed by atoms with Gasteiger partial charge in [-0.25, -0.2) is 0 Å². The largest absolute Gasteiger partial charge is 0.394 e. The summed E-state index contributed by atoms with van der Waals surface area (Å²) in [6.45, 7) is 6.71. The molecule has 2 atom stereocenters. The average Bonchev–Trinajstić information content (AvgIpc) is 2.31. The molecule has 1 aromatic rings. The van der Waals surface area contributed by atoms with E-state index in [2.05, 4.69) is 22.9 Å². The van der Waals surface area contributed by atoms with E-state index in [0.717, 1.165) is 25.3 Å². The first-order valence-corrected chi connectivity index (χ1v) is 6.08. The summed E-state index contributed by atoms with van der Waals surface area (Å²) in [6.07, 6.45) is 1.93. The van der Waals surface area contributed by atoms with Gasteiger partial charge in [0.15, 0.2) is 0 Å². The number of hydrogen-bond donors (Lipinski definition) is 1. The van der Waals surface area contributed by atoms with Crippen molar-refractivity contribution in [1.29, 1.82) is 0 Å². The summed E-state index contributed by atoms with van der Waals surface area (Å²) in [6, 6.07) is 4.03. The van der Waals surface area contributed by atoms with E-state index in [4.69, 9.17) is 4.74 Å². The molecule has 1 N–H and O–H groups in total. The Bertz CT molecular complexity index is 370. The fourth-order valence-corrected chi connectivity index (χ4v) is 2.27. The summed E-state index contributed by atoms with van der Waals surface area (Å²) in [4.78, 5) is 6.70. The van der Waals surface area contributed by atoms with Crippen molar-refractivity contribution in [2.45, 2.75) is 32.6 Å². The monoisotopic (exact) mass is 236 g/mol. The zero-order chi connectivity index (χ0) is 12.3. The molecular weight excluding hydrogens is 216 g/mol. The highest BCUT2D eigenvalue weighted by Gasteiger charge is 2.25. The SMILES string of the molecule is Cc1cccnc1CN1CC(C)OC(CO)C1. The minimum Gasteiger partial charge on any atom is -0.394 e. The third kappa shape index (κ3) is 3.25. The summed E-state index contributed by atoms with van der Waals surface area (Å²) >= 11 is 0. The van der Waals surface area contributed by atoms with Crippen molar-refractivity contribution >= 4 is 0 Å². The Labute approximate surface area is 102 Å². The molecule has 1 fully saturated rings. The zero-order valence-electron chi connectivity index (χ0n) is 10.5. The molecular formula is C13H20N2O2. The normalized spacial score (nSPS) is 26.1. The van der Waals surface area contributed by atoms with E-state index >= 15 is 0 Å². The number of aliphatic hydroxyl groups excluding tert-OH is 1. The molecule has 1 saturated heterocycles. The van der Waals surface area contributed by atoms with Gasteiger partial charge in [-0.3, -0.25) is 9.88 Å². The second kappa shape index (κ2) is 5.58. The molecule has 2 rings (SSSR count). The summed E-state index contributed by atoms with van der Waals surface area (Å²) in [5.41, 5.74) is 2.32. The number of nitrogens with zero attached hydrogens (tertiary/aromatic N) is 2. The molecule has 1 aromatic heterocycles. The van der Waals surface area contributed by atoms with E-state index in [1.807, 2.05) is 19.2 Å². The van der Waals surface area contributed by atoms with Crippen LogP contribution in [0.2, 0.25) is 0 Å². The molecule has 2 heterocycles. The summed E-state index contributed by atoms with van der Waals surface area (Å²) in [5, 5.41) is 9.18. The first-order chi connectivity index (χ1) is 8.19. The summed E-state index contributed by atoms with van der Waals surface area (Å²) < 4.78 is 5.62. The molecule has 0 aromatic carbocycles. The Kier molecular flexibility index (Phi) is 4.10. The van der Waals surface area contributed by atoms with Gasteiger partial charge in [0.2, 0.25) is 0 Å². The van der Waals surface area contributed by atoms with Crippen LogP contribution < -0.4 is 0 Å². The number of aryl methyl sites for hydroxylation is 1. The second-order valence-electron chi connectivity index (χ2n) is 4.71. The van der Waals surface area contributed by atoms with Gasteiger partial charge in [-0.15, -0.1) is 0 Å². The van der Waals surface area contributed by atoms with E-state index in [0.29, 0.717) is 0 Å². The van der Waals surface area contributed by atoms with Gasteiger partial charge in [-0.1, -0.05) is 6.07 Å². The number of aliphatic hydroxyl groups is 1. The highest BCUT2D eigenvalue weighted by molar-refractivity contribution is 5.17. The van der Waals surface area contributed by atoms with Gasteiger partial charge in [0.1, 0.15) is 0 Å². The molecule has 0 spiro atoms. The van der Waals surface area contributed by atoms with Crippen LogP contribution in [0.5, 0.6) is 0 Å². The number of aromatic nitrogens is 1. The molecule has 17 heavy (non-hydrogen) atoms. The van der Waals surface area contributed by atoms with Crippen LogP contribution in [-0.4, -0.2) is 46.9 Å². The molecule has 4 nitrogen and oxygen atoms in total. The van der Waals surface area contributed by atoms with Crippen LogP contribution in [0.1, 0.15) is 18.2 Å². The van der Waals surface area contributed by atoms with Crippen molar-refractivity contribution in [3.63, 3.8) is 0 Å². The van der Waals surface area contributed by atoms with Crippen LogP contribution >= 0.6 is 0 Å². The molecule has 0 aliphatic carbocycles. The molecule has 1 aliphatic rings. The van der Waals surface area contributed by atoms with Gasteiger partial charge >= 0.3 is 0 Å². The smallest absolute Gasteiger partial charge is 0.0936 e. The van der Waals surface area contributed by atoms with E-state index in [1.165, 1.54) is 5.56 Å². The molecule has 2 unspecified atom stereocenters. The predicted octanol–water partition coefficient (Wildman–Crippen LogP) is 0.972. The average molecular weight is 236 g/mol. The maximum atomic E-state index is 9.18. The van der Waals surface area contributed by atoms with E-state index in [9.17, 15) is 5.11 Å². The number of rotatable bonds is 3. The third-order valence-corrected chi connectivity index (χ3v) is 3.10. The maximum absolute atomic E-state index is 9.18. The maximum Gasteiger partial charge on any atom is 0.0936 e. The molecule has 0 saturated carbocycles. The highest BCUT2D eigenvalue weighted by atomic mass is 16.5. The lowest BCUT2D eigenvalue weighted by Crippen LogP contribution is -2.47. The van der Waals surface area contributed by atoms with Crippen molar-refractivity contribution in [3.05, 3.63) is 29.6 Å². The third-order valence-electron chi connectivity index (χ3n) is 3.10. The lowest BCUT2D eigenvalue weighted by Gasteiger charge is -2.36. The predicted molar refractivity (Wildman–Crippen MR) is 65.7 cm³/mol. The standard InChI is InChI=1S/C13H20N2O2/c1-10-4-3-5-14-13(10)8-15-6-11(2)17-12(7-15)9-16/h3-5,11-12,16H,6-9H2,1-2H3. The molecule has 1 aliphatic heterocycles. The first-order valence-electron chi connectivity index (χ1n) is 6.08. The fourth-order valence-electron chi connectivity index (χ4n) is 2.27. The lowest BCUT2D eigenvalue weighted by atomic mass is 10.1. The Balaban J connectivity index is 2.01. The first kappa shape index (κ1) is 12.5. The van der Waals surface area contributed by atoms with Crippen LogP contribution in [0.25, 0.3) is 0 Å². The van der Waals surface area contributed by atoms with E-state index in [1.54, 1.807) is 0 Å². The van der Waals surface area contributed by atoms with E-state index < -0.39 is 0 Å². The quantitative estimate of drug-likeness (QED) is 0.849. The highest BCUT2D eigenvalue weighted by Crippen LogP contribution is 2.14.